The highest BCUT2D eigenvalue weighted by Gasteiger charge is 2.31. The van der Waals surface area contributed by atoms with Gasteiger partial charge in [0.1, 0.15) is 17.3 Å². The number of aromatic nitrogens is 2. The number of ether oxygens (including phenoxy) is 2. The maximum Gasteiger partial charge on any atom is 0.286 e. The summed E-state index contributed by atoms with van der Waals surface area (Å²) in [4.78, 5) is 30.8. The Balaban J connectivity index is 0.00000240. The molecule has 2 aromatic carbocycles. The first-order chi connectivity index (χ1) is 13.5. The molecule has 2 N–H and O–H groups in total. The Morgan fingerprint density at radius 1 is 1.14 bits per heavy atom. The number of fused-ring (bicyclic) bond motifs is 1. The predicted molar refractivity (Wildman–Crippen MR) is 114 cm³/mol. The van der Waals surface area contributed by atoms with E-state index in [1.165, 1.54) is 0 Å². The number of imidazole rings is 1. The molecule has 2 amide bonds. The molecule has 0 radical (unpaired) electrons. The largest absolute Gasteiger partial charge is 0.497 e. The van der Waals surface area contributed by atoms with Gasteiger partial charge < -0.3 is 14.5 Å². The lowest BCUT2D eigenvalue weighted by Gasteiger charge is -2.13. The van der Waals surface area contributed by atoms with Gasteiger partial charge in [-0.2, -0.15) is 0 Å². The zero-order valence-electron chi connectivity index (χ0n) is 15.8. The minimum Gasteiger partial charge on any atom is -0.497 e. The van der Waals surface area contributed by atoms with Gasteiger partial charge in [0.15, 0.2) is 6.10 Å². The van der Waals surface area contributed by atoms with Crippen LogP contribution in [-0.4, -0.2) is 33.5 Å². The van der Waals surface area contributed by atoms with Crippen molar-refractivity contribution in [1.82, 2.24) is 15.3 Å². The third-order valence-electron chi connectivity index (χ3n) is 4.52. The lowest BCUT2D eigenvalue weighted by atomic mass is 10.1. The molecule has 1 aliphatic heterocycles. The summed E-state index contributed by atoms with van der Waals surface area (Å²) in [5.41, 5.74) is 2.71. The molecule has 2 atom stereocenters. The van der Waals surface area contributed by atoms with Crippen LogP contribution in [0.3, 0.4) is 0 Å². The zero-order chi connectivity index (χ0) is 19.7. The summed E-state index contributed by atoms with van der Waals surface area (Å²) in [6, 6.07) is 13.2. The highest BCUT2D eigenvalue weighted by molar-refractivity contribution is 8.15. The summed E-state index contributed by atoms with van der Waals surface area (Å²) in [5.74, 6) is 1.96. The fourth-order valence-electron chi connectivity index (χ4n) is 3.03. The highest BCUT2D eigenvalue weighted by atomic mass is 35.5. The molecule has 0 bridgehead atoms. The smallest absolute Gasteiger partial charge is 0.286 e. The van der Waals surface area contributed by atoms with Crippen molar-refractivity contribution in [1.29, 1.82) is 0 Å². The average Bonchev–Trinajstić information content (AvgIpc) is 3.25. The first-order valence-corrected chi connectivity index (χ1v) is 9.70. The van der Waals surface area contributed by atoms with Crippen LogP contribution in [-0.2, 0) is 11.2 Å². The summed E-state index contributed by atoms with van der Waals surface area (Å²) in [6.07, 6.45) is 0.238. The van der Waals surface area contributed by atoms with Crippen LogP contribution in [0.25, 0.3) is 11.0 Å². The van der Waals surface area contributed by atoms with Gasteiger partial charge in [-0.3, -0.25) is 14.9 Å². The molecule has 2 unspecified atom stereocenters. The van der Waals surface area contributed by atoms with Gasteiger partial charge in [0.25, 0.3) is 5.24 Å². The van der Waals surface area contributed by atoms with Gasteiger partial charge in [0.05, 0.1) is 23.4 Å². The molecule has 7 nitrogen and oxygen atoms in total. The Kier molecular flexibility index (Phi) is 6.34. The normalized spacial score (nSPS) is 17.0. The third-order valence-corrected chi connectivity index (χ3v) is 5.50. The van der Waals surface area contributed by atoms with Crippen LogP contribution in [0.4, 0.5) is 4.79 Å². The number of aromatic amines is 1. The Bertz CT molecular complexity index is 1040. The molecule has 1 saturated heterocycles. The standard InChI is InChI=1S/C20H19N3O4S.ClH/c1-11(18-21-15-8-7-14(26-2)10-16(15)22-18)27-13-5-3-12(4-6-13)9-17-19(24)23-20(25)28-17;/h3-8,10-11,17H,9H2,1-2H3,(H,21,22)(H,23,24,25);1H. The summed E-state index contributed by atoms with van der Waals surface area (Å²) >= 11 is 1.03. The molecule has 152 valence electrons. The SMILES string of the molecule is COc1ccc2nc(C(C)Oc3ccc(CC4SC(=O)NC4=O)cc3)[nH]c2c1.Cl. The van der Waals surface area contributed by atoms with Crippen LogP contribution >= 0.6 is 24.2 Å². The van der Waals surface area contributed by atoms with Crippen molar-refractivity contribution in [3.8, 4) is 11.5 Å². The molecule has 1 aromatic heterocycles. The number of rotatable bonds is 6. The van der Waals surface area contributed by atoms with Gasteiger partial charge in [0, 0.05) is 6.07 Å². The van der Waals surface area contributed by atoms with Crippen LogP contribution < -0.4 is 14.8 Å². The number of carbonyl (C=O) groups is 2. The van der Waals surface area contributed by atoms with Crippen molar-refractivity contribution in [3.63, 3.8) is 0 Å². The summed E-state index contributed by atoms with van der Waals surface area (Å²) in [7, 11) is 1.63. The van der Waals surface area contributed by atoms with Gasteiger partial charge >= 0.3 is 0 Å². The second-order valence-electron chi connectivity index (χ2n) is 6.50. The first kappa shape index (κ1) is 21.0. The van der Waals surface area contributed by atoms with Gasteiger partial charge in [-0.25, -0.2) is 4.98 Å². The number of methoxy groups -OCH3 is 1. The van der Waals surface area contributed by atoms with Crippen LogP contribution in [0.1, 0.15) is 24.4 Å². The summed E-state index contributed by atoms with van der Waals surface area (Å²) in [5, 5.41) is 1.65. The lowest BCUT2D eigenvalue weighted by Crippen LogP contribution is -2.25. The van der Waals surface area contributed by atoms with Crippen molar-refractivity contribution >= 4 is 46.3 Å². The Labute approximate surface area is 178 Å². The van der Waals surface area contributed by atoms with Crippen LogP contribution in [0.2, 0.25) is 0 Å². The van der Waals surface area contributed by atoms with Crippen LogP contribution in [0.15, 0.2) is 42.5 Å². The lowest BCUT2D eigenvalue weighted by molar-refractivity contribution is -0.118. The molecule has 29 heavy (non-hydrogen) atoms. The first-order valence-electron chi connectivity index (χ1n) is 8.82. The van der Waals surface area contributed by atoms with Crippen molar-refractivity contribution in [2.75, 3.05) is 7.11 Å². The summed E-state index contributed by atoms with van der Waals surface area (Å²) < 4.78 is 11.2. The molecule has 3 aromatic rings. The molecule has 4 rings (SSSR count). The van der Waals surface area contributed by atoms with E-state index in [0.717, 1.165) is 39.9 Å². The van der Waals surface area contributed by atoms with Gasteiger partial charge in [-0.05, 0) is 43.2 Å². The molecule has 1 aliphatic rings. The molecular formula is C20H20ClN3O4S. The molecule has 2 heterocycles. The Morgan fingerprint density at radius 3 is 2.52 bits per heavy atom. The number of benzene rings is 2. The zero-order valence-corrected chi connectivity index (χ0v) is 17.4. The van der Waals surface area contributed by atoms with E-state index in [4.69, 9.17) is 9.47 Å². The third kappa shape index (κ3) is 4.65. The van der Waals surface area contributed by atoms with Crippen LogP contribution in [0, 0.1) is 0 Å². The van der Waals surface area contributed by atoms with Crippen LogP contribution in [0.5, 0.6) is 11.5 Å². The fraction of sp³-hybridized carbons (Fsp3) is 0.250. The second kappa shape index (κ2) is 8.75. The van der Waals surface area contributed by atoms with Gasteiger partial charge in [-0.1, -0.05) is 23.9 Å². The van der Waals surface area contributed by atoms with E-state index in [1.54, 1.807) is 7.11 Å². The number of halogens is 1. The number of imide groups is 1. The molecular weight excluding hydrogens is 414 g/mol. The van der Waals surface area contributed by atoms with E-state index in [2.05, 4.69) is 15.3 Å². The molecule has 0 aliphatic carbocycles. The number of nitrogens with one attached hydrogen (secondary N) is 2. The van der Waals surface area contributed by atoms with E-state index in [0.29, 0.717) is 12.2 Å². The second-order valence-corrected chi connectivity index (χ2v) is 7.67. The average molecular weight is 434 g/mol. The minimum atomic E-state index is -0.370. The maximum absolute atomic E-state index is 11.7. The van der Waals surface area contributed by atoms with Crippen molar-refractivity contribution in [2.45, 2.75) is 24.7 Å². The highest BCUT2D eigenvalue weighted by Crippen LogP contribution is 2.26. The van der Waals surface area contributed by atoms with Crippen molar-refractivity contribution in [3.05, 3.63) is 53.9 Å². The number of carbonyl (C=O) groups excluding carboxylic acids is 2. The van der Waals surface area contributed by atoms with E-state index in [-0.39, 0.29) is 34.9 Å². The maximum atomic E-state index is 11.7. The minimum absolute atomic E-state index is 0. The monoisotopic (exact) mass is 433 g/mol. The topological polar surface area (TPSA) is 93.3 Å². The Morgan fingerprint density at radius 2 is 1.86 bits per heavy atom. The number of thioether (sulfide) groups is 1. The number of nitrogens with zero attached hydrogens (tertiary/aromatic N) is 1. The van der Waals surface area contributed by atoms with Gasteiger partial charge in [0.2, 0.25) is 5.91 Å². The van der Waals surface area contributed by atoms with E-state index in [1.807, 2.05) is 49.4 Å². The number of hydrogen-bond acceptors (Lipinski definition) is 6. The summed E-state index contributed by atoms with van der Waals surface area (Å²) in [6.45, 7) is 1.92. The van der Waals surface area contributed by atoms with Crippen molar-refractivity contribution < 1.29 is 19.1 Å². The van der Waals surface area contributed by atoms with Gasteiger partial charge in [-0.15, -0.1) is 12.4 Å². The molecule has 0 spiro atoms. The molecule has 9 heteroatoms. The molecule has 0 saturated carbocycles. The number of amides is 2. The number of hydrogen-bond donors (Lipinski definition) is 2. The van der Waals surface area contributed by atoms with E-state index >= 15 is 0 Å². The number of H-pyrrole nitrogens is 1. The Hall–Kier alpha value is -2.71. The van der Waals surface area contributed by atoms with Crippen molar-refractivity contribution in [2.24, 2.45) is 0 Å². The van der Waals surface area contributed by atoms with E-state index in [9.17, 15) is 9.59 Å². The van der Waals surface area contributed by atoms with E-state index < -0.39 is 0 Å². The predicted octanol–water partition coefficient (Wildman–Crippen LogP) is 4.03. The quantitative estimate of drug-likeness (QED) is 0.609. The molecule has 1 fully saturated rings. The fourth-order valence-corrected chi connectivity index (χ4v) is 3.89.